The molecule has 0 spiro atoms. The third-order valence-corrected chi connectivity index (χ3v) is 4.67. The molecule has 3 rings (SSSR count). The van der Waals surface area contributed by atoms with Crippen molar-refractivity contribution in [3.05, 3.63) is 76.5 Å². The van der Waals surface area contributed by atoms with Gasteiger partial charge in [0, 0.05) is 24.2 Å². The molecular formula is C22H24FN3O. The molecule has 0 unspecified atom stereocenters. The fourth-order valence-corrected chi connectivity index (χ4v) is 3.53. The Morgan fingerprint density at radius 2 is 2.04 bits per heavy atom. The number of aliphatic imine (C=N–C) groups is 1. The zero-order chi connectivity index (χ0) is 19.4. The fourth-order valence-electron chi connectivity index (χ4n) is 3.53. The molecule has 0 aliphatic heterocycles. The molecule has 0 radical (unpaired) electrons. The standard InChI is InChI=1S/C22H24FN3O/c1-14(2)26-19(11-12-24)22-16(4-3-13-25-22)6-5-15-7-9-18(23)17-8-10-20(27)21(15)17/h3-4,7,9,11-14H,5-6,8,10,24H2,1-2H3. The maximum absolute atomic E-state index is 14.0. The first-order chi connectivity index (χ1) is 13.0. The van der Waals surface area contributed by atoms with Gasteiger partial charge in [0.2, 0.25) is 0 Å². The second-order valence-corrected chi connectivity index (χ2v) is 6.96. The molecule has 1 aliphatic rings. The van der Waals surface area contributed by atoms with Crippen molar-refractivity contribution >= 4 is 11.5 Å². The smallest absolute Gasteiger partial charge is 0.163 e. The number of carbonyl (C=O) groups is 1. The largest absolute Gasteiger partial charge is 0.405 e. The number of aromatic nitrogens is 1. The second kappa shape index (κ2) is 8.25. The highest BCUT2D eigenvalue weighted by atomic mass is 19.1. The zero-order valence-electron chi connectivity index (χ0n) is 15.7. The van der Waals surface area contributed by atoms with Gasteiger partial charge in [-0.2, -0.15) is 0 Å². The monoisotopic (exact) mass is 365 g/mol. The molecule has 2 aromatic rings. The number of allylic oxidation sites excluding steroid dienone is 1. The minimum absolute atomic E-state index is 0.0408. The number of hydrogen-bond acceptors (Lipinski definition) is 4. The van der Waals surface area contributed by atoms with Gasteiger partial charge in [0.05, 0.1) is 11.4 Å². The Bertz CT molecular complexity index is 916. The number of fused-ring (bicyclic) bond motifs is 1. The van der Waals surface area contributed by atoms with Crippen LogP contribution in [0.15, 0.2) is 47.7 Å². The lowest BCUT2D eigenvalue weighted by atomic mass is 9.95. The van der Waals surface area contributed by atoms with E-state index in [1.165, 1.54) is 12.3 Å². The van der Waals surface area contributed by atoms with Crippen molar-refractivity contribution < 1.29 is 9.18 Å². The van der Waals surface area contributed by atoms with E-state index in [1.54, 1.807) is 18.3 Å². The number of hydrogen-bond donors (Lipinski definition) is 1. The van der Waals surface area contributed by atoms with Crippen LogP contribution >= 0.6 is 0 Å². The molecule has 0 fully saturated rings. The van der Waals surface area contributed by atoms with Gasteiger partial charge in [0.15, 0.2) is 5.78 Å². The number of aryl methyl sites for hydroxylation is 2. The van der Waals surface area contributed by atoms with Crippen LogP contribution in [0.2, 0.25) is 0 Å². The van der Waals surface area contributed by atoms with Crippen molar-refractivity contribution in [2.45, 2.75) is 45.6 Å². The van der Waals surface area contributed by atoms with Crippen molar-refractivity contribution in [3.63, 3.8) is 0 Å². The minimum atomic E-state index is -0.277. The number of carbonyl (C=O) groups excluding carboxylic acids is 1. The van der Waals surface area contributed by atoms with Crippen LogP contribution in [0, 0.1) is 5.82 Å². The van der Waals surface area contributed by atoms with Gasteiger partial charge in [-0.3, -0.25) is 14.8 Å². The molecule has 0 bridgehead atoms. The van der Waals surface area contributed by atoms with Crippen LogP contribution < -0.4 is 5.73 Å². The van der Waals surface area contributed by atoms with E-state index >= 15 is 0 Å². The summed E-state index contributed by atoms with van der Waals surface area (Å²) in [6, 6.07) is 7.21. The molecule has 0 saturated heterocycles. The number of rotatable bonds is 6. The minimum Gasteiger partial charge on any atom is -0.405 e. The van der Waals surface area contributed by atoms with E-state index in [0.29, 0.717) is 36.8 Å². The first kappa shape index (κ1) is 19.0. The third-order valence-electron chi connectivity index (χ3n) is 4.67. The Morgan fingerprint density at radius 3 is 2.78 bits per heavy atom. The number of halogens is 1. The summed E-state index contributed by atoms with van der Waals surface area (Å²) in [6.07, 6.45) is 7.18. The SMILES string of the molecule is CC(C)N=C(C=CN)c1ncccc1CCc1ccc(F)c2c1C(=O)CC2. The summed E-state index contributed by atoms with van der Waals surface area (Å²) in [5.41, 5.74) is 10.2. The van der Waals surface area contributed by atoms with Crippen LogP contribution in [0.5, 0.6) is 0 Å². The Morgan fingerprint density at radius 1 is 1.26 bits per heavy atom. The van der Waals surface area contributed by atoms with Crippen LogP contribution in [-0.4, -0.2) is 22.5 Å². The molecule has 1 aromatic carbocycles. The maximum Gasteiger partial charge on any atom is 0.163 e. The van der Waals surface area contributed by atoms with E-state index in [1.807, 2.05) is 26.0 Å². The number of pyridine rings is 1. The van der Waals surface area contributed by atoms with Crippen LogP contribution in [0.4, 0.5) is 4.39 Å². The summed E-state index contributed by atoms with van der Waals surface area (Å²) in [7, 11) is 0. The second-order valence-electron chi connectivity index (χ2n) is 6.96. The highest BCUT2D eigenvalue weighted by Gasteiger charge is 2.25. The molecule has 140 valence electrons. The van der Waals surface area contributed by atoms with Gasteiger partial charge >= 0.3 is 0 Å². The summed E-state index contributed by atoms with van der Waals surface area (Å²) in [6.45, 7) is 4.00. The van der Waals surface area contributed by atoms with Crippen molar-refractivity contribution in [2.75, 3.05) is 0 Å². The Balaban J connectivity index is 1.91. The fraction of sp³-hybridized carbons (Fsp3) is 0.318. The average Bonchev–Trinajstić information content (AvgIpc) is 3.04. The summed E-state index contributed by atoms with van der Waals surface area (Å²) < 4.78 is 14.0. The number of benzene rings is 1. The van der Waals surface area contributed by atoms with Gasteiger partial charge in [-0.1, -0.05) is 12.1 Å². The molecule has 1 aromatic heterocycles. The lowest BCUT2D eigenvalue weighted by Gasteiger charge is -2.12. The molecule has 1 heterocycles. The topological polar surface area (TPSA) is 68.3 Å². The summed E-state index contributed by atoms with van der Waals surface area (Å²) in [4.78, 5) is 21.3. The molecule has 0 atom stereocenters. The predicted molar refractivity (Wildman–Crippen MR) is 106 cm³/mol. The molecule has 0 amide bonds. The van der Waals surface area contributed by atoms with Gasteiger partial charge in [0.1, 0.15) is 5.82 Å². The van der Waals surface area contributed by atoms with Gasteiger partial charge in [0.25, 0.3) is 0 Å². The van der Waals surface area contributed by atoms with Gasteiger partial charge in [-0.15, -0.1) is 0 Å². The Hall–Kier alpha value is -2.82. The van der Waals surface area contributed by atoms with Crippen molar-refractivity contribution in [3.8, 4) is 0 Å². The highest BCUT2D eigenvalue weighted by molar-refractivity contribution is 6.08. The van der Waals surface area contributed by atoms with Gasteiger partial charge < -0.3 is 5.73 Å². The van der Waals surface area contributed by atoms with Crippen LogP contribution in [-0.2, 0) is 19.3 Å². The van der Waals surface area contributed by atoms with E-state index in [4.69, 9.17) is 5.73 Å². The maximum atomic E-state index is 14.0. The van der Waals surface area contributed by atoms with Crippen molar-refractivity contribution in [2.24, 2.45) is 10.7 Å². The molecule has 1 aliphatic carbocycles. The number of Topliss-reactive ketones (excluding diaryl/α,β-unsaturated/α-hetero) is 1. The predicted octanol–water partition coefficient (Wildman–Crippen LogP) is 3.80. The van der Waals surface area contributed by atoms with Crippen molar-refractivity contribution in [1.29, 1.82) is 0 Å². The first-order valence-electron chi connectivity index (χ1n) is 9.25. The lowest BCUT2D eigenvalue weighted by Crippen LogP contribution is -2.10. The highest BCUT2D eigenvalue weighted by Crippen LogP contribution is 2.29. The normalized spacial score (nSPS) is 14.4. The van der Waals surface area contributed by atoms with Crippen LogP contribution in [0.3, 0.4) is 0 Å². The third kappa shape index (κ3) is 4.13. The molecule has 2 N–H and O–H groups in total. The Labute approximate surface area is 159 Å². The molecule has 5 heteroatoms. The van der Waals surface area contributed by atoms with Gasteiger partial charge in [-0.05, 0) is 74.2 Å². The van der Waals surface area contributed by atoms with E-state index in [0.717, 1.165) is 22.5 Å². The van der Waals surface area contributed by atoms with E-state index in [9.17, 15) is 9.18 Å². The van der Waals surface area contributed by atoms with Crippen LogP contribution in [0.1, 0.15) is 53.0 Å². The van der Waals surface area contributed by atoms with Crippen LogP contribution in [0.25, 0.3) is 0 Å². The zero-order valence-corrected chi connectivity index (χ0v) is 15.7. The number of nitrogens with two attached hydrogens (primary N) is 1. The first-order valence-corrected chi connectivity index (χ1v) is 9.25. The quantitative estimate of drug-likeness (QED) is 0.792. The summed E-state index contributed by atoms with van der Waals surface area (Å²) in [5, 5.41) is 0. The molecule has 4 nitrogen and oxygen atoms in total. The van der Waals surface area contributed by atoms with E-state index in [-0.39, 0.29) is 17.6 Å². The average molecular weight is 365 g/mol. The number of nitrogens with zero attached hydrogens (tertiary/aromatic N) is 2. The summed E-state index contributed by atoms with van der Waals surface area (Å²) in [5.74, 6) is -0.236. The molecule has 0 saturated carbocycles. The molecule has 27 heavy (non-hydrogen) atoms. The van der Waals surface area contributed by atoms with Gasteiger partial charge in [-0.25, -0.2) is 4.39 Å². The lowest BCUT2D eigenvalue weighted by molar-refractivity contribution is 0.0993. The Kier molecular flexibility index (Phi) is 5.79. The van der Waals surface area contributed by atoms with Crippen molar-refractivity contribution in [1.82, 2.24) is 4.98 Å². The number of ketones is 1. The molecular weight excluding hydrogens is 341 g/mol. The summed E-state index contributed by atoms with van der Waals surface area (Å²) >= 11 is 0. The van der Waals surface area contributed by atoms with E-state index in [2.05, 4.69) is 9.98 Å². The van der Waals surface area contributed by atoms with E-state index < -0.39 is 0 Å².